The van der Waals surface area contributed by atoms with Crippen LogP contribution in [0.3, 0.4) is 0 Å². The van der Waals surface area contributed by atoms with E-state index in [2.05, 4.69) is 9.84 Å². The fraction of sp³-hybridized carbons (Fsp3) is 0.308. The zero-order valence-electron chi connectivity index (χ0n) is 11.0. The highest BCUT2D eigenvalue weighted by Crippen LogP contribution is 2.28. The third kappa shape index (κ3) is 3.30. The van der Waals surface area contributed by atoms with Gasteiger partial charge in [0.2, 0.25) is 0 Å². The fourth-order valence-electron chi connectivity index (χ4n) is 2.01. The molecule has 0 bridgehead atoms. The third-order valence-electron chi connectivity index (χ3n) is 2.84. The summed E-state index contributed by atoms with van der Waals surface area (Å²) in [5, 5.41) is 4.16. The van der Waals surface area contributed by atoms with Crippen molar-refractivity contribution >= 4 is 0 Å². The molecule has 1 atom stereocenters. The van der Waals surface area contributed by atoms with E-state index in [4.69, 9.17) is 5.73 Å². The predicted octanol–water partition coefficient (Wildman–Crippen LogP) is 2.68. The number of hydrogen-bond acceptors (Lipinski definition) is 3. The van der Waals surface area contributed by atoms with Crippen LogP contribution < -0.4 is 10.5 Å². The Morgan fingerprint density at radius 1 is 1.35 bits per heavy atom. The number of alkyl halides is 3. The molecule has 0 fully saturated rings. The number of ether oxygens (including phenoxy) is 1. The Morgan fingerprint density at radius 3 is 2.60 bits per heavy atom. The second kappa shape index (κ2) is 5.16. The lowest BCUT2D eigenvalue weighted by molar-refractivity contribution is -0.274. The minimum absolute atomic E-state index is 0.285. The minimum Gasteiger partial charge on any atom is -0.406 e. The lowest BCUT2D eigenvalue weighted by atomic mass is 10.0. The highest BCUT2D eigenvalue weighted by molar-refractivity contribution is 5.37. The average molecular weight is 285 g/mol. The summed E-state index contributed by atoms with van der Waals surface area (Å²) >= 11 is 0. The number of hydrogen-bond donors (Lipinski definition) is 1. The summed E-state index contributed by atoms with van der Waals surface area (Å²) in [5.41, 5.74) is 8.10. The van der Waals surface area contributed by atoms with Crippen molar-refractivity contribution < 1.29 is 17.9 Å². The largest absolute Gasteiger partial charge is 0.573 e. The van der Waals surface area contributed by atoms with Crippen molar-refractivity contribution in [3.63, 3.8) is 0 Å². The lowest BCUT2D eigenvalue weighted by Gasteiger charge is -2.14. The van der Waals surface area contributed by atoms with Gasteiger partial charge < -0.3 is 10.5 Å². The topological polar surface area (TPSA) is 53.1 Å². The number of halogens is 3. The van der Waals surface area contributed by atoms with Gasteiger partial charge in [-0.3, -0.25) is 4.68 Å². The van der Waals surface area contributed by atoms with E-state index in [1.54, 1.807) is 30.9 Å². The molecule has 1 heterocycles. The first-order valence-corrected chi connectivity index (χ1v) is 5.87. The lowest BCUT2D eigenvalue weighted by Crippen LogP contribution is -2.18. The highest BCUT2D eigenvalue weighted by Gasteiger charge is 2.31. The molecule has 108 valence electrons. The van der Waals surface area contributed by atoms with Gasteiger partial charge >= 0.3 is 6.36 Å². The molecule has 0 aliphatic rings. The molecule has 4 nitrogen and oxygen atoms in total. The van der Waals surface area contributed by atoms with Gasteiger partial charge in [0, 0.05) is 18.8 Å². The summed E-state index contributed by atoms with van der Waals surface area (Å²) in [6.45, 7) is 1.80. The molecule has 1 aromatic carbocycles. The van der Waals surface area contributed by atoms with Gasteiger partial charge in [0.05, 0.1) is 11.7 Å². The van der Waals surface area contributed by atoms with Crippen molar-refractivity contribution in [1.82, 2.24) is 9.78 Å². The molecule has 2 aromatic rings. The molecule has 0 saturated carbocycles. The van der Waals surface area contributed by atoms with Crippen molar-refractivity contribution in [3.05, 3.63) is 47.3 Å². The molecule has 0 aliphatic heterocycles. The predicted molar refractivity (Wildman–Crippen MR) is 67.1 cm³/mol. The maximum Gasteiger partial charge on any atom is 0.573 e. The Morgan fingerprint density at radius 2 is 2.05 bits per heavy atom. The van der Waals surface area contributed by atoms with E-state index in [-0.39, 0.29) is 5.75 Å². The molecule has 0 amide bonds. The van der Waals surface area contributed by atoms with E-state index in [0.717, 1.165) is 11.3 Å². The number of aromatic nitrogens is 2. The van der Waals surface area contributed by atoms with Gasteiger partial charge in [0.1, 0.15) is 5.75 Å². The molecule has 0 radical (unpaired) electrons. The van der Waals surface area contributed by atoms with E-state index in [0.29, 0.717) is 5.56 Å². The Hall–Kier alpha value is -2.02. The molecule has 0 spiro atoms. The van der Waals surface area contributed by atoms with Crippen LogP contribution in [0.15, 0.2) is 30.5 Å². The van der Waals surface area contributed by atoms with Crippen LogP contribution in [0.5, 0.6) is 5.75 Å². The van der Waals surface area contributed by atoms with Crippen molar-refractivity contribution in [1.29, 1.82) is 0 Å². The number of nitrogens with two attached hydrogens (primary N) is 1. The minimum atomic E-state index is -4.72. The molecular weight excluding hydrogens is 271 g/mol. The smallest absolute Gasteiger partial charge is 0.406 e. The SMILES string of the molecule is Cc1nn(C)cc1C(N)c1cccc(OC(F)(F)F)c1. The molecular formula is C13H14F3N3O. The number of aryl methyl sites for hydroxylation is 2. The van der Waals surface area contributed by atoms with Gasteiger partial charge in [-0.1, -0.05) is 12.1 Å². The average Bonchev–Trinajstić information content (AvgIpc) is 2.65. The Balaban J connectivity index is 2.29. The Kier molecular flexibility index (Phi) is 3.71. The third-order valence-corrected chi connectivity index (χ3v) is 2.84. The van der Waals surface area contributed by atoms with E-state index in [1.807, 2.05) is 0 Å². The molecule has 2 N–H and O–H groups in total. The van der Waals surface area contributed by atoms with Gasteiger partial charge in [-0.05, 0) is 24.6 Å². The summed E-state index contributed by atoms with van der Waals surface area (Å²) in [7, 11) is 1.76. The van der Waals surface area contributed by atoms with Crippen LogP contribution in [-0.4, -0.2) is 16.1 Å². The van der Waals surface area contributed by atoms with Gasteiger partial charge in [-0.25, -0.2) is 0 Å². The first-order chi connectivity index (χ1) is 9.26. The maximum atomic E-state index is 12.2. The number of benzene rings is 1. The summed E-state index contributed by atoms with van der Waals surface area (Å²) in [4.78, 5) is 0. The van der Waals surface area contributed by atoms with E-state index >= 15 is 0 Å². The van der Waals surface area contributed by atoms with Gasteiger partial charge in [-0.15, -0.1) is 13.2 Å². The number of rotatable bonds is 3. The molecule has 1 aromatic heterocycles. The van der Waals surface area contributed by atoms with Crippen LogP contribution in [-0.2, 0) is 7.05 Å². The van der Waals surface area contributed by atoms with Crippen LogP contribution in [0.1, 0.15) is 22.9 Å². The molecule has 20 heavy (non-hydrogen) atoms. The van der Waals surface area contributed by atoms with Crippen molar-refractivity contribution in [2.45, 2.75) is 19.3 Å². The van der Waals surface area contributed by atoms with E-state index < -0.39 is 12.4 Å². The van der Waals surface area contributed by atoms with Crippen molar-refractivity contribution in [2.24, 2.45) is 12.8 Å². The van der Waals surface area contributed by atoms with Gasteiger partial charge in [0.15, 0.2) is 0 Å². The molecule has 2 rings (SSSR count). The zero-order chi connectivity index (χ0) is 14.9. The van der Waals surface area contributed by atoms with Crippen molar-refractivity contribution in [2.75, 3.05) is 0 Å². The standard InChI is InChI=1S/C13H14F3N3O/c1-8-11(7-19(2)18-8)12(17)9-4-3-5-10(6-9)20-13(14,15)16/h3-7,12H,17H2,1-2H3. The summed E-state index contributed by atoms with van der Waals surface area (Å²) in [5.74, 6) is -0.285. The van der Waals surface area contributed by atoms with Gasteiger partial charge in [-0.2, -0.15) is 5.10 Å². The van der Waals surface area contributed by atoms with Crippen LogP contribution >= 0.6 is 0 Å². The molecule has 0 saturated heterocycles. The second-order valence-corrected chi connectivity index (χ2v) is 4.44. The number of nitrogens with zero attached hydrogens (tertiary/aromatic N) is 2. The highest BCUT2D eigenvalue weighted by atomic mass is 19.4. The zero-order valence-corrected chi connectivity index (χ0v) is 11.0. The van der Waals surface area contributed by atoms with Crippen LogP contribution in [0.25, 0.3) is 0 Å². The Labute approximate surface area is 114 Å². The van der Waals surface area contributed by atoms with Crippen LogP contribution in [0.4, 0.5) is 13.2 Å². The maximum absolute atomic E-state index is 12.2. The normalized spacial score (nSPS) is 13.3. The monoisotopic (exact) mass is 285 g/mol. The molecule has 1 unspecified atom stereocenters. The molecule has 0 aliphatic carbocycles. The van der Waals surface area contributed by atoms with Gasteiger partial charge in [0.25, 0.3) is 0 Å². The van der Waals surface area contributed by atoms with E-state index in [9.17, 15) is 13.2 Å². The van der Waals surface area contributed by atoms with Crippen LogP contribution in [0, 0.1) is 6.92 Å². The quantitative estimate of drug-likeness (QED) is 0.943. The summed E-state index contributed by atoms with van der Waals surface area (Å²) in [6.07, 6.45) is -2.97. The second-order valence-electron chi connectivity index (χ2n) is 4.44. The fourth-order valence-corrected chi connectivity index (χ4v) is 2.01. The summed E-state index contributed by atoms with van der Waals surface area (Å²) in [6, 6.07) is 5.09. The molecule has 7 heteroatoms. The van der Waals surface area contributed by atoms with E-state index in [1.165, 1.54) is 18.2 Å². The van der Waals surface area contributed by atoms with Crippen molar-refractivity contribution in [3.8, 4) is 5.75 Å². The first kappa shape index (κ1) is 14.4. The Bertz CT molecular complexity index is 607. The summed E-state index contributed by atoms with van der Waals surface area (Å²) < 4.78 is 42.1. The van der Waals surface area contributed by atoms with Crippen LogP contribution in [0.2, 0.25) is 0 Å². The first-order valence-electron chi connectivity index (χ1n) is 5.87.